The summed E-state index contributed by atoms with van der Waals surface area (Å²) in [6.07, 6.45) is 1.34. The predicted octanol–water partition coefficient (Wildman–Crippen LogP) is 2.86. The minimum absolute atomic E-state index is 0.0588. The van der Waals surface area contributed by atoms with Crippen LogP contribution >= 0.6 is 0 Å². The van der Waals surface area contributed by atoms with Crippen LogP contribution in [0.15, 0.2) is 48.5 Å². The molecule has 1 heterocycles. The van der Waals surface area contributed by atoms with Crippen molar-refractivity contribution >= 4 is 23.2 Å². The van der Waals surface area contributed by atoms with Crippen molar-refractivity contribution in [2.24, 2.45) is 0 Å². The molecule has 2 amide bonds. The number of para-hydroxylation sites is 1. The number of ether oxygens (including phenoxy) is 3. The van der Waals surface area contributed by atoms with Crippen LogP contribution < -0.4 is 19.7 Å². The van der Waals surface area contributed by atoms with E-state index in [1.165, 1.54) is 0 Å². The summed E-state index contributed by atoms with van der Waals surface area (Å²) in [4.78, 5) is 25.8. The number of carbonyl (C=O) groups excluding carboxylic acids is 2. The van der Waals surface area contributed by atoms with Gasteiger partial charge in [0.2, 0.25) is 11.8 Å². The van der Waals surface area contributed by atoms with Gasteiger partial charge in [0.15, 0.2) is 0 Å². The maximum absolute atomic E-state index is 12.1. The molecule has 2 aromatic rings. The predicted molar refractivity (Wildman–Crippen MR) is 106 cm³/mol. The highest BCUT2D eigenvalue weighted by Gasteiger charge is 2.24. The Balaban J connectivity index is 1.47. The van der Waals surface area contributed by atoms with Gasteiger partial charge in [0.1, 0.15) is 24.7 Å². The van der Waals surface area contributed by atoms with E-state index >= 15 is 0 Å². The minimum atomic E-state index is -0.274. The third-order valence-electron chi connectivity index (χ3n) is 4.30. The van der Waals surface area contributed by atoms with Crippen LogP contribution in [0.3, 0.4) is 0 Å². The first-order valence-corrected chi connectivity index (χ1v) is 9.21. The van der Waals surface area contributed by atoms with Crippen molar-refractivity contribution in [2.45, 2.75) is 12.8 Å². The van der Waals surface area contributed by atoms with Gasteiger partial charge >= 0.3 is 0 Å². The van der Waals surface area contributed by atoms with Gasteiger partial charge in [-0.25, -0.2) is 0 Å². The molecular formula is C21H24N2O5. The second-order valence-corrected chi connectivity index (χ2v) is 6.30. The smallest absolute Gasteiger partial charge is 0.250 e. The van der Waals surface area contributed by atoms with Crippen molar-refractivity contribution in [3.05, 3.63) is 48.5 Å². The fourth-order valence-electron chi connectivity index (χ4n) is 2.98. The number of rotatable bonds is 9. The summed E-state index contributed by atoms with van der Waals surface area (Å²) in [5.41, 5.74) is 1.25. The Bertz CT molecular complexity index is 810. The number of methoxy groups -OCH3 is 1. The molecule has 3 rings (SSSR count). The average molecular weight is 384 g/mol. The number of anilines is 2. The van der Waals surface area contributed by atoms with Gasteiger partial charge in [-0.15, -0.1) is 0 Å². The van der Waals surface area contributed by atoms with Gasteiger partial charge < -0.3 is 24.4 Å². The molecule has 0 aromatic heterocycles. The van der Waals surface area contributed by atoms with Crippen LogP contribution in [0.25, 0.3) is 0 Å². The van der Waals surface area contributed by atoms with Gasteiger partial charge in [0.05, 0.1) is 19.4 Å². The summed E-state index contributed by atoms with van der Waals surface area (Å²) in [6, 6.07) is 14.6. The lowest BCUT2D eigenvalue weighted by atomic mass is 10.2. The first-order chi connectivity index (χ1) is 13.7. The number of hydrogen-bond donors (Lipinski definition) is 1. The highest BCUT2D eigenvalue weighted by Crippen LogP contribution is 2.33. The average Bonchev–Trinajstić information content (AvgIpc) is 3.14. The van der Waals surface area contributed by atoms with Gasteiger partial charge in [-0.1, -0.05) is 18.2 Å². The quantitative estimate of drug-likeness (QED) is 0.673. The molecule has 0 bridgehead atoms. The van der Waals surface area contributed by atoms with Crippen molar-refractivity contribution in [3.63, 3.8) is 0 Å². The van der Waals surface area contributed by atoms with Crippen molar-refractivity contribution in [2.75, 3.05) is 43.7 Å². The Labute approximate surface area is 164 Å². The lowest BCUT2D eigenvalue weighted by Crippen LogP contribution is -2.25. The Morgan fingerprint density at radius 3 is 2.68 bits per heavy atom. The topological polar surface area (TPSA) is 77.1 Å². The zero-order valence-electron chi connectivity index (χ0n) is 15.8. The molecule has 1 aliphatic rings. The Kier molecular flexibility index (Phi) is 6.86. The lowest BCUT2D eigenvalue weighted by Gasteiger charge is -2.20. The molecule has 1 saturated heterocycles. The van der Waals surface area contributed by atoms with Crippen LogP contribution in [0.2, 0.25) is 0 Å². The van der Waals surface area contributed by atoms with Crippen molar-refractivity contribution in [3.8, 4) is 11.5 Å². The standard InChI is InChI=1S/C21H24N2O5/c1-26-19-10-9-16(14-18(19)23-11-5-8-21(23)25)22-20(24)15-27-12-13-28-17-6-3-2-4-7-17/h2-4,6-7,9-10,14H,5,8,11-13,15H2,1H3,(H,22,24). The van der Waals surface area contributed by atoms with E-state index in [1.54, 1.807) is 30.2 Å². The first kappa shape index (κ1) is 19.7. The summed E-state index contributed by atoms with van der Waals surface area (Å²) in [5, 5.41) is 2.78. The maximum Gasteiger partial charge on any atom is 0.250 e. The van der Waals surface area contributed by atoms with E-state index in [1.807, 2.05) is 30.3 Å². The van der Waals surface area contributed by atoms with E-state index in [-0.39, 0.29) is 18.4 Å². The van der Waals surface area contributed by atoms with Gasteiger partial charge in [0.25, 0.3) is 0 Å². The number of benzene rings is 2. The molecule has 7 heteroatoms. The molecule has 7 nitrogen and oxygen atoms in total. The normalized spacial score (nSPS) is 13.5. The molecule has 1 fully saturated rings. The zero-order valence-corrected chi connectivity index (χ0v) is 15.8. The highest BCUT2D eigenvalue weighted by molar-refractivity contribution is 5.98. The Hall–Kier alpha value is -3.06. The Morgan fingerprint density at radius 2 is 1.96 bits per heavy atom. The largest absolute Gasteiger partial charge is 0.495 e. The van der Waals surface area contributed by atoms with Gasteiger partial charge in [0, 0.05) is 18.7 Å². The number of amides is 2. The summed E-state index contributed by atoms with van der Waals surface area (Å²) in [6.45, 7) is 1.23. The molecule has 28 heavy (non-hydrogen) atoms. The minimum Gasteiger partial charge on any atom is -0.495 e. The van der Waals surface area contributed by atoms with E-state index in [0.717, 1.165) is 12.2 Å². The van der Waals surface area contributed by atoms with E-state index in [9.17, 15) is 9.59 Å². The fourth-order valence-corrected chi connectivity index (χ4v) is 2.98. The number of hydrogen-bond acceptors (Lipinski definition) is 5. The summed E-state index contributed by atoms with van der Waals surface area (Å²) < 4.78 is 16.2. The molecular weight excluding hydrogens is 360 g/mol. The highest BCUT2D eigenvalue weighted by atomic mass is 16.5. The number of nitrogens with one attached hydrogen (secondary N) is 1. The molecule has 0 unspecified atom stereocenters. The van der Waals surface area contributed by atoms with Gasteiger partial charge in [-0.3, -0.25) is 9.59 Å². The van der Waals surface area contributed by atoms with Crippen LogP contribution in [0, 0.1) is 0 Å². The van der Waals surface area contributed by atoms with E-state index < -0.39 is 0 Å². The monoisotopic (exact) mass is 384 g/mol. The van der Waals surface area contributed by atoms with Crippen LogP contribution in [-0.4, -0.2) is 45.3 Å². The third kappa shape index (κ3) is 5.23. The molecule has 1 aliphatic heterocycles. The van der Waals surface area contributed by atoms with Crippen LogP contribution in [0.1, 0.15) is 12.8 Å². The summed E-state index contributed by atoms with van der Waals surface area (Å²) in [5.74, 6) is 1.15. The van der Waals surface area contributed by atoms with E-state index in [0.29, 0.717) is 43.3 Å². The lowest BCUT2D eigenvalue weighted by molar-refractivity contribution is -0.120. The second kappa shape index (κ2) is 9.75. The Morgan fingerprint density at radius 1 is 1.14 bits per heavy atom. The molecule has 1 N–H and O–H groups in total. The van der Waals surface area contributed by atoms with Crippen LogP contribution in [0.4, 0.5) is 11.4 Å². The maximum atomic E-state index is 12.1. The van der Waals surface area contributed by atoms with Crippen LogP contribution in [0.5, 0.6) is 11.5 Å². The van der Waals surface area contributed by atoms with Gasteiger partial charge in [-0.05, 0) is 36.8 Å². The molecule has 0 spiro atoms. The van der Waals surface area contributed by atoms with Crippen LogP contribution in [-0.2, 0) is 14.3 Å². The molecule has 0 radical (unpaired) electrons. The summed E-state index contributed by atoms with van der Waals surface area (Å²) in [7, 11) is 1.56. The van der Waals surface area contributed by atoms with Crippen molar-refractivity contribution in [1.82, 2.24) is 0 Å². The van der Waals surface area contributed by atoms with E-state index in [2.05, 4.69) is 5.32 Å². The van der Waals surface area contributed by atoms with Crippen molar-refractivity contribution < 1.29 is 23.8 Å². The van der Waals surface area contributed by atoms with Crippen molar-refractivity contribution in [1.29, 1.82) is 0 Å². The third-order valence-corrected chi connectivity index (χ3v) is 4.30. The molecule has 0 aliphatic carbocycles. The molecule has 2 aromatic carbocycles. The molecule has 148 valence electrons. The fraction of sp³-hybridized carbons (Fsp3) is 0.333. The molecule has 0 saturated carbocycles. The second-order valence-electron chi connectivity index (χ2n) is 6.30. The first-order valence-electron chi connectivity index (χ1n) is 9.21. The van der Waals surface area contributed by atoms with Gasteiger partial charge in [-0.2, -0.15) is 0 Å². The summed E-state index contributed by atoms with van der Waals surface area (Å²) >= 11 is 0. The number of nitrogens with zero attached hydrogens (tertiary/aromatic N) is 1. The van der Waals surface area contributed by atoms with E-state index in [4.69, 9.17) is 14.2 Å². The molecule has 0 atom stereocenters. The SMILES string of the molecule is COc1ccc(NC(=O)COCCOc2ccccc2)cc1N1CCCC1=O. The number of carbonyl (C=O) groups is 2. The zero-order chi connectivity index (χ0) is 19.8.